The van der Waals surface area contributed by atoms with Gasteiger partial charge >= 0.3 is 0 Å². The lowest BCUT2D eigenvalue weighted by molar-refractivity contribution is 0.111. The first kappa shape index (κ1) is 11.7. The standard InChI is InChI=1S/C13H17N3OS/c1-15(8-10-4-2-3-5-10)12-11(9-17)16-6-7-18-13(16)14-12/h6-7,9-10H,2-5,8H2,1H3. The molecule has 0 aromatic carbocycles. The number of carbonyl (C=O) groups excluding carboxylic acids is 1. The van der Waals surface area contributed by atoms with Gasteiger partial charge in [0, 0.05) is 25.2 Å². The van der Waals surface area contributed by atoms with E-state index in [1.807, 2.05) is 23.0 Å². The predicted octanol–water partition coefficient (Wildman–Crippen LogP) is 2.83. The van der Waals surface area contributed by atoms with E-state index in [0.717, 1.165) is 29.5 Å². The van der Waals surface area contributed by atoms with Crippen LogP contribution in [-0.2, 0) is 0 Å². The predicted molar refractivity (Wildman–Crippen MR) is 73.7 cm³/mol. The zero-order valence-corrected chi connectivity index (χ0v) is 11.3. The highest BCUT2D eigenvalue weighted by Crippen LogP contribution is 2.28. The van der Waals surface area contributed by atoms with E-state index < -0.39 is 0 Å². The number of hydrogen-bond acceptors (Lipinski definition) is 4. The van der Waals surface area contributed by atoms with Gasteiger partial charge < -0.3 is 4.90 Å². The Labute approximate surface area is 110 Å². The Hall–Kier alpha value is -1.36. The van der Waals surface area contributed by atoms with Crippen molar-refractivity contribution in [2.75, 3.05) is 18.5 Å². The van der Waals surface area contributed by atoms with Crippen LogP contribution in [0.5, 0.6) is 0 Å². The molecular formula is C13H17N3OS. The van der Waals surface area contributed by atoms with E-state index in [1.165, 1.54) is 25.7 Å². The van der Waals surface area contributed by atoms with Gasteiger partial charge in [0.2, 0.25) is 0 Å². The molecule has 1 aliphatic carbocycles. The van der Waals surface area contributed by atoms with Crippen LogP contribution in [0.2, 0.25) is 0 Å². The number of carbonyl (C=O) groups is 1. The fourth-order valence-electron chi connectivity index (χ4n) is 2.85. The van der Waals surface area contributed by atoms with Gasteiger partial charge in [-0.3, -0.25) is 9.20 Å². The Balaban J connectivity index is 1.87. The minimum absolute atomic E-state index is 0.673. The summed E-state index contributed by atoms with van der Waals surface area (Å²) in [5, 5.41) is 1.95. The number of anilines is 1. The number of fused-ring (bicyclic) bond motifs is 1. The first-order valence-corrected chi connectivity index (χ1v) is 7.29. The third-order valence-corrected chi connectivity index (χ3v) is 4.52. The smallest absolute Gasteiger partial charge is 0.196 e. The van der Waals surface area contributed by atoms with Crippen molar-refractivity contribution in [2.45, 2.75) is 25.7 Å². The van der Waals surface area contributed by atoms with E-state index in [0.29, 0.717) is 5.69 Å². The molecule has 96 valence electrons. The Morgan fingerprint density at radius 3 is 3.06 bits per heavy atom. The van der Waals surface area contributed by atoms with E-state index in [-0.39, 0.29) is 0 Å². The van der Waals surface area contributed by atoms with Crippen molar-refractivity contribution < 1.29 is 4.79 Å². The van der Waals surface area contributed by atoms with Crippen LogP contribution in [0, 0.1) is 5.92 Å². The summed E-state index contributed by atoms with van der Waals surface area (Å²) in [7, 11) is 2.04. The Morgan fingerprint density at radius 2 is 2.33 bits per heavy atom. The number of aldehydes is 1. The van der Waals surface area contributed by atoms with E-state index in [1.54, 1.807) is 11.3 Å². The molecule has 2 aromatic rings. The van der Waals surface area contributed by atoms with Crippen LogP contribution in [0.15, 0.2) is 11.6 Å². The lowest BCUT2D eigenvalue weighted by Gasteiger charge is -2.21. The quantitative estimate of drug-likeness (QED) is 0.796. The van der Waals surface area contributed by atoms with Crippen LogP contribution >= 0.6 is 11.3 Å². The van der Waals surface area contributed by atoms with Gasteiger partial charge in [0.25, 0.3) is 0 Å². The van der Waals surface area contributed by atoms with Gasteiger partial charge in [0.1, 0.15) is 5.69 Å². The lowest BCUT2D eigenvalue weighted by Crippen LogP contribution is -2.25. The molecule has 18 heavy (non-hydrogen) atoms. The number of nitrogens with zero attached hydrogens (tertiary/aromatic N) is 3. The molecule has 5 heteroatoms. The van der Waals surface area contributed by atoms with Crippen molar-refractivity contribution in [3.8, 4) is 0 Å². The molecule has 2 aromatic heterocycles. The molecule has 0 amide bonds. The molecule has 1 saturated carbocycles. The highest BCUT2D eigenvalue weighted by molar-refractivity contribution is 7.15. The second kappa shape index (κ2) is 4.72. The third-order valence-electron chi connectivity index (χ3n) is 3.76. The minimum atomic E-state index is 0.673. The van der Waals surface area contributed by atoms with E-state index in [9.17, 15) is 4.79 Å². The largest absolute Gasteiger partial charge is 0.357 e. The van der Waals surface area contributed by atoms with Crippen LogP contribution in [0.25, 0.3) is 4.96 Å². The van der Waals surface area contributed by atoms with Crippen LogP contribution in [0.3, 0.4) is 0 Å². The van der Waals surface area contributed by atoms with Crippen molar-refractivity contribution in [2.24, 2.45) is 5.92 Å². The molecule has 0 saturated heterocycles. The van der Waals surface area contributed by atoms with Gasteiger partial charge in [-0.25, -0.2) is 4.98 Å². The number of imidazole rings is 1. The lowest BCUT2D eigenvalue weighted by atomic mass is 10.1. The highest BCUT2D eigenvalue weighted by atomic mass is 32.1. The molecule has 1 fully saturated rings. The Morgan fingerprint density at radius 1 is 1.56 bits per heavy atom. The number of rotatable bonds is 4. The summed E-state index contributed by atoms with van der Waals surface area (Å²) in [5.74, 6) is 1.58. The molecule has 0 unspecified atom stereocenters. The molecule has 2 heterocycles. The Kier molecular flexibility index (Phi) is 3.07. The van der Waals surface area contributed by atoms with E-state index >= 15 is 0 Å². The molecule has 0 aliphatic heterocycles. The number of thiazole rings is 1. The molecule has 0 bridgehead atoms. The summed E-state index contributed by atoms with van der Waals surface area (Å²) in [4.78, 5) is 18.9. The molecule has 0 atom stereocenters. The highest BCUT2D eigenvalue weighted by Gasteiger charge is 2.21. The molecule has 4 nitrogen and oxygen atoms in total. The fourth-order valence-corrected chi connectivity index (χ4v) is 3.57. The summed E-state index contributed by atoms with van der Waals surface area (Å²) in [6.45, 7) is 1.01. The summed E-state index contributed by atoms with van der Waals surface area (Å²) >= 11 is 1.56. The van der Waals surface area contributed by atoms with Crippen LogP contribution in [0.1, 0.15) is 36.2 Å². The van der Waals surface area contributed by atoms with Crippen molar-refractivity contribution in [1.82, 2.24) is 9.38 Å². The second-order valence-corrected chi connectivity index (χ2v) is 5.90. The topological polar surface area (TPSA) is 37.6 Å². The van der Waals surface area contributed by atoms with Crippen molar-refractivity contribution in [1.29, 1.82) is 0 Å². The molecular weight excluding hydrogens is 246 g/mol. The van der Waals surface area contributed by atoms with E-state index in [2.05, 4.69) is 9.88 Å². The maximum absolute atomic E-state index is 11.3. The van der Waals surface area contributed by atoms with Crippen LogP contribution < -0.4 is 4.90 Å². The first-order chi connectivity index (χ1) is 8.79. The van der Waals surface area contributed by atoms with Crippen LogP contribution in [0.4, 0.5) is 5.82 Å². The molecule has 1 aliphatic rings. The van der Waals surface area contributed by atoms with Gasteiger partial charge in [-0.2, -0.15) is 0 Å². The van der Waals surface area contributed by atoms with Crippen molar-refractivity contribution in [3.63, 3.8) is 0 Å². The maximum Gasteiger partial charge on any atom is 0.196 e. The summed E-state index contributed by atoms with van der Waals surface area (Å²) in [6.07, 6.45) is 8.12. The second-order valence-electron chi connectivity index (χ2n) is 5.03. The molecule has 3 rings (SSSR count). The monoisotopic (exact) mass is 263 g/mol. The average Bonchev–Trinajstić information content (AvgIpc) is 3.03. The fraction of sp³-hybridized carbons (Fsp3) is 0.538. The zero-order chi connectivity index (χ0) is 12.5. The first-order valence-electron chi connectivity index (χ1n) is 6.41. The molecule has 0 N–H and O–H groups in total. The number of hydrogen-bond donors (Lipinski definition) is 0. The summed E-state index contributed by atoms with van der Waals surface area (Å²) in [5.41, 5.74) is 0.673. The van der Waals surface area contributed by atoms with Crippen molar-refractivity contribution in [3.05, 3.63) is 17.3 Å². The van der Waals surface area contributed by atoms with Crippen LogP contribution in [-0.4, -0.2) is 29.3 Å². The third kappa shape index (κ3) is 1.92. The van der Waals surface area contributed by atoms with Crippen molar-refractivity contribution >= 4 is 28.4 Å². The Bertz CT molecular complexity index is 554. The maximum atomic E-state index is 11.3. The van der Waals surface area contributed by atoms with Gasteiger partial charge in [-0.1, -0.05) is 12.8 Å². The van der Waals surface area contributed by atoms with Gasteiger partial charge in [0.05, 0.1) is 0 Å². The summed E-state index contributed by atoms with van der Waals surface area (Å²) < 4.78 is 1.87. The van der Waals surface area contributed by atoms with E-state index in [4.69, 9.17) is 0 Å². The van der Waals surface area contributed by atoms with Gasteiger partial charge in [-0.05, 0) is 18.8 Å². The molecule has 0 spiro atoms. The zero-order valence-electron chi connectivity index (χ0n) is 10.5. The van der Waals surface area contributed by atoms with Gasteiger partial charge in [-0.15, -0.1) is 11.3 Å². The normalized spacial score (nSPS) is 16.5. The average molecular weight is 263 g/mol. The molecule has 0 radical (unpaired) electrons. The van der Waals surface area contributed by atoms with Gasteiger partial charge in [0.15, 0.2) is 17.1 Å². The number of aromatic nitrogens is 2. The minimum Gasteiger partial charge on any atom is -0.357 e. The summed E-state index contributed by atoms with van der Waals surface area (Å²) in [6, 6.07) is 0. The SMILES string of the molecule is CN(CC1CCCC1)c1nc2sccn2c1C=O.